The Hall–Kier alpha value is -1.68. The molecule has 0 aliphatic rings. The van der Waals surface area contributed by atoms with Gasteiger partial charge >= 0.3 is 0 Å². The van der Waals surface area contributed by atoms with E-state index >= 15 is 0 Å². The highest BCUT2D eigenvalue weighted by Crippen LogP contribution is 2.07. The first-order valence-corrected chi connectivity index (χ1v) is 6.37. The van der Waals surface area contributed by atoms with Gasteiger partial charge in [0.2, 0.25) is 0 Å². The molecule has 0 spiro atoms. The third kappa shape index (κ3) is 3.96. The Kier molecular flexibility index (Phi) is 4.47. The molecule has 0 radical (unpaired) electrons. The van der Waals surface area contributed by atoms with E-state index in [0.29, 0.717) is 0 Å². The first-order chi connectivity index (χ1) is 8.74. The second-order valence-corrected chi connectivity index (χ2v) is 4.68. The Morgan fingerprint density at radius 1 is 1.28 bits per heavy atom. The van der Waals surface area contributed by atoms with Crippen molar-refractivity contribution < 1.29 is 0 Å². The van der Waals surface area contributed by atoms with Crippen LogP contribution in [-0.4, -0.2) is 20.8 Å². The van der Waals surface area contributed by atoms with Crippen molar-refractivity contribution in [3.8, 4) is 0 Å². The minimum Gasteiger partial charge on any atom is -0.328 e. The van der Waals surface area contributed by atoms with Gasteiger partial charge in [0.15, 0.2) is 0 Å². The quantitative estimate of drug-likeness (QED) is 0.841. The fourth-order valence-electron chi connectivity index (χ4n) is 1.98. The van der Waals surface area contributed by atoms with Crippen LogP contribution >= 0.6 is 0 Å². The number of nitrogens with zero attached hydrogens (tertiary/aromatic N) is 3. The third-order valence-corrected chi connectivity index (χ3v) is 3.06. The van der Waals surface area contributed by atoms with Gasteiger partial charge in [0.25, 0.3) is 0 Å². The lowest BCUT2D eigenvalue weighted by Gasteiger charge is -2.10. The van der Waals surface area contributed by atoms with Crippen LogP contribution < -0.4 is 5.73 Å². The highest BCUT2D eigenvalue weighted by molar-refractivity contribution is 5.05. The summed E-state index contributed by atoms with van der Waals surface area (Å²) in [6, 6.07) is 6.23. The summed E-state index contributed by atoms with van der Waals surface area (Å²) < 4.78 is 1.83. The molecule has 1 atom stereocenters. The van der Waals surface area contributed by atoms with Gasteiger partial charge in [-0.05, 0) is 43.4 Å². The van der Waals surface area contributed by atoms with Gasteiger partial charge in [0.1, 0.15) is 0 Å². The molecule has 96 valence electrons. The average Bonchev–Trinajstić information content (AvgIpc) is 2.81. The molecule has 2 heterocycles. The molecule has 0 bridgehead atoms. The first-order valence-electron chi connectivity index (χ1n) is 6.37. The molecule has 4 nitrogen and oxygen atoms in total. The summed E-state index contributed by atoms with van der Waals surface area (Å²) in [5.74, 6) is 0. The Morgan fingerprint density at radius 3 is 2.78 bits per heavy atom. The lowest BCUT2D eigenvalue weighted by molar-refractivity contribution is 0.565. The second-order valence-electron chi connectivity index (χ2n) is 4.68. The molecular formula is C14H20N4. The molecule has 0 aromatic carbocycles. The highest BCUT2D eigenvalue weighted by atomic mass is 15.2. The smallest absolute Gasteiger partial charge is 0.0521 e. The Morgan fingerprint density at radius 2 is 2.11 bits per heavy atom. The predicted molar refractivity (Wildman–Crippen MR) is 72.1 cm³/mol. The summed E-state index contributed by atoms with van der Waals surface area (Å²) in [6.45, 7) is 0. The topological polar surface area (TPSA) is 56.7 Å². The number of aromatic nitrogens is 3. The van der Waals surface area contributed by atoms with E-state index < -0.39 is 0 Å². The van der Waals surface area contributed by atoms with E-state index in [1.165, 1.54) is 5.56 Å². The summed E-state index contributed by atoms with van der Waals surface area (Å²) in [5.41, 5.74) is 8.50. The molecule has 18 heavy (non-hydrogen) atoms. The first kappa shape index (κ1) is 12.8. The summed E-state index contributed by atoms with van der Waals surface area (Å²) in [6.07, 6.45) is 9.72. The highest BCUT2D eigenvalue weighted by Gasteiger charge is 2.05. The maximum Gasteiger partial charge on any atom is 0.0521 e. The minimum atomic E-state index is 0.229. The maximum absolute atomic E-state index is 6.12. The summed E-state index contributed by atoms with van der Waals surface area (Å²) in [7, 11) is 1.94. The van der Waals surface area contributed by atoms with E-state index in [0.717, 1.165) is 31.4 Å². The van der Waals surface area contributed by atoms with Gasteiger partial charge in [-0.3, -0.25) is 9.67 Å². The van der Waals surface area contributed by atoms with Gasteiger partial charge in [-0.1, -0.05) is 6.07 Å². The Bertz CT molecular complexity index is 464. The van der Waals surface area contributed by atoms with Crippen LogP contribution in [0.3, 0.4) is 0 Å². The van der Waals surface area contributed by atoms with Crippen LogP contribution in [0.25, 0.3) is 0 Å². The zero-order valence-corrected chi connectivity index (χ0v) is 10.8. The molecule has 2 rings (SSSR count). The summed E-state index contributed by atoms with van der Waals surface area (Å²) in [4.78, 5) is 4.30. The normalized spacial score (nSPS) is 12.6. The van der Waals surface area contributed by atoms with E-state index in [1.807, 2.05) is 48.5 Å². The molecule has 0 fully saturated rings. The standard InChI is InChI=1S/C14H20N4/c1-18-11-12(10-17-18)5-6-13(15)7-8-14-4-2-3-9-16-14/h2-4,9-11,13H,5-8,15H2,1H3. The van der Waals surface area contributed by atoms with E-state index in [-0.39, 0.29) is 6.04 Å². The average molecular weight is 244 g/mol. The zero-order valence-electron chi connectivity index (χ0n) is 10.8. The van der Waals surface area contributed by atoms with E-state index in [2.05, 4.69) is 10.1 Å². The number of hydrogen-bond acceptors (Lipinski definition) is 3. The Balaban J connectivity index is 1.71. The lowest BCUT2D eigenvalue weighted by Crippen LogP contribution is -2.21. The molecule has 0 saturated carbocycles. The molecule has 0 amide bonds. The second kappa shape index (κ2) is 6.31. The lowest BCUT2D eigenvalue weighted by atomic mass is 10.0. The van der Waals surface area contributed by atoms with Gasteiger partial charge in [-0.2, -0.15) is 5.10 Å². The summed E-state index contributed by atoms with van der Waals surface area (Å²) in [5, 5.41) is 4.15. The van der Waals surface area contributed by atoms with Crippen molar-refractivity contribution in [2.45, 2.75) is 31.7 Å². The van der Waals surface area contributed by atoms with Crippen molar-refractivity contribution in [2.24, 2.45) is 12.8 Å². The molecule has 0 aliphatic heterocycles. The van der Waals surface area contributed by atoms with Gasteiger partial charge < -0.3 is 5.73 Å². The van der Waals surface area contributed by atoms with Crippen LogP contribution in [0.4, 0.5) is 0 Å². The predicted octanol–water partition coefficient (Wildman–Crippen LogP) is 1.71. The van der Waals surface area contributed by atoms with E-state index in [4.69, 9.17) is 5.73 Å². The monoisotopic (exact) mass is 244 g/mol. The fourth-order valence-corrected chi connectivity index (χ4v) is 1.98. The van der Waals surface area contributed by atoms with E-state index in [9.17, 15) is 0 Å². The molecule has 2 N–H and O–H groups in total. The van der Waals surface area contributed by atoms with Crippen molar-refractivity contribution in [2.75, 3.05) is 0 Å². The number of hydrogen-bond donors (Lipinski definition) is 1. The van der Waals surface area contributed by atoms with Gasteiger partial charge in [0.05, 0.1) is 6.20 Å². The van der Waals surface area contributed by atoms with Gasteiger partial charge in [-0.25, -0.2) is 0 Å². The van der Waals surface area contributed by atoms with Crippen LogP contribution in [0.1, 0.15) is 24.1 Å². The van der Waals surface area contributed by atoms with Crippen molar-refractivity contribution in [1.29, 1.82) is 0 Å². The zero-order chi connectivity index (χ0) is 12.8. The third-order valence-electron chi connectivity index (χ3n) is 3.06. The number of rotatable bonds is 6. The minimum absolute atomic E-state index is 0.229. The van der Waals surface area contributed by atoms with Crippen LogP contribution in [0.2, 0.25) is 0 Å². The van der Waals surface area contributed by atoms with Crippen LogP contribution in [-0.2, 0) is 19.9 Å². The molecule has 0 saturated heterocycles. The fraction of sp³-hybridized carbons (Fsp3) is 0.429. The summed E-state index contributed by atoms with van der Waals surface area (Å²) >= 11 is 0. The number of pyridine rings is 1. The molecule has 1 unspecified atom stereocenters. The molecule has 2 aromatic heterocycles. The van der Waals surface area contributed by atoms with Crippen molar-refractivity contribution >= 4 is 0 Å². The van der Waals surface area contributed by atoms with Crippen LogP contribution in [0.15, 0.2) is 36.8 Å². The molecule has 4 heteroatoms. The number of nitrogens with two attached hydrogens (primary N) is 1. The SMILES string of the molecule is Cn1cc(CCC(N)CCc2ccccn2)cn1. The van der Waals surface area contributed by atoms with Crippen molar-refractivity contribution in [3.05, 3.63) is 48.0 Å². The van der Waals surface area contributed by atoms with Crippen molar-refractivity contribution in [1.82, 2.24) is 14.8 Å². The molecular weight excluding hydrogens is 224 g/mol. The number of aryl methyl sites for hydroxylation is 3. The maximum atomic E-state index is 6.12. The Labute approximate surface area is 108 Å². The van der Waals surface area contributed by atoms with Gasteiger partial charge in [-0.15, -0.1) is 0 Å². The van der Waals surface area contributed by atoms with Crippen LogP contribution in [0.5, 0.6) is 0 Å². The van der Waals surface area contributed by atoms with Crippen molar-refractivity contribution in [3.63, 3.8) is 0 Å². The van der Waals surface area contributed by atoms with Gasteiger partial charge in [0, 0.05) is 31.2 Å². The molecule has 0 aliphatic carbocycles. The largest absolute Gasteiger partial charge is 0.328 e. The van der Waals surface area contributed by atoms with E-state index in [1.54, 1.807) is 0 Å². The molecule has 2 aromatic rings. The van der Waals surface area contributed by atoms with Crippen LogP contribution in [0, 0.1) is 0 Å².